The first-order valence-corrected chi connectivity index (χ1v) is 9.14. The summed E-state index contributed by atoms with van der Waals surface area (Å²) in [6.45, 7) is 0. The number of amides is 1. The van der Waals surface area contributed by atoms with Crippen LogP contribution < -0.4 is 4.72 Å². The number of rotatable bonds is 4. The molecule has 22 heavy (non-hydrogen) atoms. The van der Waals surface area contributed by atoms with Crippen LogP contribution in [-0.4, -0.2) is 29.0 Å². The van der Waals surface area contributed by atoms with Gasteiger partial charge in [0, 0.05) is 12.1 Å². The summed E-state index contributed by atoms with van der Waals surface area (Å²) in [5.41, 5.74) is 0.858. The molecule has 2 aliphatic rings. The van der Waals surface area contributed by atoms with Crippen LogP contribution in [-0.2, 0) is 10.0 Å². The highest BCUT2D eigenvalue weighted by atomic mass is 32.2. The molecule has 4 rings (SSSR count). The number of hydrogen-bond donors (Lipinski definition) is 1. The van der Waals surface area contributed by atoms with Crippen molar-refractivity contribution in [3.05, 3.63) is 35.9 Å². The molecule has 0 spiro atoms. The predicted molar refractivity (Wildman–Crippen MR) is 81.2 cm³/mol. The second kappa shape index (κ2) is 4.81. The van der Waals surface area contributed by atoms with Crippen molar-refractivity contribution >= 4 is 21.4 Å². The third-order valence-electron chi connectivity index (χ3n) is 4.46. The lowest BCUT2D eigenvalue weighted by atomic mass is 10.0. The van der Waals surface area contributed by atoms with Crippen LogP contribution in [0.4, 0.5) is 0 Å². The highest BCUT2D eigenvalue weighted by Gasteiger charge is 2.35. The van der Waals surface area contributed by atoms with Crippen molar-refractivity contribution in [2.75, 3.05) is 0 Å². The van der Waals surface area contributed by atoms with Crippen molar-refractivity contribution in [2.24, 2.45) is 0 Å². The average Bonchev–Trinajstić information content (AvgIpc) is 3.16. The Kier molecular flexibility index (Phi) is 3.00. The molecule has 2 aromatic heterocycles. The lowest BCUT2D eigenvalue weighted by Gasteiger charge is -2.24. The van der Waals surface area contributed by atoms with Crippen molar-refractivity contribution in [3.63, 3.8) is 0 Å². The van der Waals surface area contributed by atoms with E-state index in [4.69, 9.17) is 0 Å². The molecule has 0 aromatic carbocycles. The van der Waals surface area contributed by atoms with E-state index in [0.29, 0.717) is 24.3 Å². The zero-order valence-electron chi connectivity index (χ0n) is 12.0. The molecule has 2 aliphatic carbocycles. The number of imidazole rings is 1. The molecular weight excluding hydrogens is 302 g/mol. The molecule has 1 N–H and O–H groups in total. The van der Waals surface area contributed by atoms with Crippen LogP contribution >= 0.6 is 0 Å². The minimum absolute atomic E-state index is 0.199. The molecule has 0 bridgehead atoms. The molecule has 0 radical (unpaired) electrons. The summed E-state index contributed by atoms with van der Waals surface area (Å²) in [7, 11) is -3.58. The first-order chi connectivity index (χ1) is 10.6. The van der Waals surface area contributed by atoms with Gasteiger partial charge in [0.25, 0.3) is 5.91 Å². The molecule has 2 aromatic rings. The molecule has 2 heterocycles. The van der Waals surface area contributed by atoms with E-state index in [-0.39, 0.29) is 5.69 Å². The van der Waals surface area contributed by atoms with Gasteiger partial charge in [-0.2, -0.15) is 0 Å². The van der Waals surface area contributed by atoms with Crippen molar-refractivity contribution in [1.82, 2.24) is 14.1 Å². The Morgan fingerprint density at radius 2 is 2.00 bits per heavy atom. The van der Waals surface area contributed by atoms with E-state index in [1.165, 1.54) is 0 Å². The van der Waals surface area contributed by atoms with Crippen LogP contribution in [0.25, 0.3) is 5.52 Å². The second-order valence-corrected chi connectivity index (χ2v) is 8.04. The minimum Gasteiger partial charge on any atom is -0.303 e. The number of pyridine rings is 1. The summed E-state index contributed by atoms with van der Waals surface area (Å²) < 4.78 is 28.3. The number of fused-ring (bicyclic) bond motifs is 1. The number of aromatic nitrogens is 2. The van der Waals surface area contributed by atoms with E-state index >= 15 is 0 Å². The third-order valence-corrected chi connectivity index (χ3v) is 6.28. The molecule has 7 heteroatoms. The van der Waals surface area contributed by atoms with E-state index in [9.17, 15) is 13.2 Å². The molecule has 0 unspecified atom stereocenters. The van der Waals surface area contributed by atoms with Gasteiger partial charge < -0.3 is 4.40 Å². The van der Waals surface area contributed by atoms with Gasteiger partial charge in [0.05, 0.1) is 10.8 Å². The van der Waals surface area contributed by atoms with Crippen molar-refractivity contribution in [2.45, 2.75) is 43.3 Å². The van der Waals surface area contributed by atoms with Crippen LogP contribution in [0.5, 0.6) is 0 Å². The SMILES string of the molecule is O=C(NS(=O)(=O)C1CCC1)c1nc(C2CC2)n2ccccc12. The Hall–Kier alpha value is -1.89. The largest absolute Gasteiger partial charge is 0.303 e. The molecule has 2 fully saturated rings. The highest BCUT2D eigenvalue weighted by Crippen LogP contribution is 2.40. The first kappa shape index (κ1) is 13.8. The van der Waals surface area contributed by atoms with Gasteiger partial charge in [-0.05, 0) is 37.8 Å². The molecule has 2 saturated carbocycles. The number of nitrogens with zero attached hydrogens (tertiary/aromatic N) is 2. The summed E-state index contributed by atoms with van der Waals surface area (Å²) in [5.74, 6) is 0.601. The quantitative estimate of drug-likeness (QED) is 0.932. The smallest absolute Gasteiger partial charge is 0.285 e. The van der Waals surface area contributed by atoms with E-state index in [2.05, 4.69) is 9.71 Å². The summed E-state index contributed by atoms with van der Waals surface area (Å²) in [5, 5.41) is -0.437. The maximum Gasteiger partial charge on any atom is 0.285 e. The molecule has 6 nitrogen and oxygen atoms in total. The number of carbonyl (C=O) groups is 1. The number of nitrogens with one attached hydrogen (secondary N) is 1. The van der Waals surface area contributed by atoms with Crippen molar-refractivity contribution < 1.29 is 13.2 Å². The van der Waals surface area contributed by atoms with Gasteiger partial charge in [0.1, 0.15) is 5.82 Å². The fourth-order valence-electron chi connectivity index (χ4n) is 2.80. The van der Waals surface area contributed by atoms with Crippen LogP contribution in [0.15, 0.2) is 24.4 Å². The zero-order chi connectivity index (χ0) is 15.3. The molecule has 116 valence electrons. The van der Waals surface area contributed by atoms with Gasteiger partial charge in [-0.25, -0.2) is 18.1 Å². The number of sulfonamides is 1. The Bertz CT molecular complexity index is 848. The number of carbonyl (C=O) groups excluding carboxylic acids is 1. The summed E-state index contributed by atoms with van der Waals surface area (Å²) in [6.07, 6.45) is 6.15. The average molecular weight is 319 g/mol. The topological polar surface area (TPSA) is 80.5 Å². The summed E-state index contributed by atoms with van der Waals surface area (Å²) in [4.78, 5) is 16.8. The van der Waals surface area contributed by atoms with Gasteiger partial charge in [-0.1, -0.05) is 12.5 Å². The molecule has 0 aliphatic heterocycles. The van der Waals surface area contributed by atoms with E-state index < -0.39 is 21.2 Å². The van der Waals surface area contributed by atoms with E-state index in [1.54, 1.807) is 6.07 Å². The maximum atomic E-state index is 12.4. The lowest BCUT2D eigenvalue weighted by Crippen LogP contribution is -2.41. The Morgan fingerprint density at radius 1 is 1.23 bits per heavy atom. The minimum atomic E-state index is -3.58. The van der Waals surface area contributed by atoms with Crippen LogP contribution in [0.2, 0.25) is 0 Å². The van der Waals surface area contributed by atoms with Crippen LogP contribution in [0.3, 0.4) is 0 Å². The predicted octanol–water partition coefficient (Wildman–Crippen LogP) is 1.82. The molecule has 0 saturated heterocycles. The maximum absolute atomic E-state index is 12.4. The standard InChI is InChI=1S/C15H17N3O3S/c19-15(17-22(20,21)11-4-3-5-11)13-12-6-1-2-9-18(12)14(16-13)10-7-8-10/h1-2,6,9-11H,3-5,7-8H2,(H,17,19). The summed E-state index contributed by atoms with van der Waals surface area (Å²) in [6, 6.07) is 5.50. The highest BCUT2D eigenvalue weighted by molar-refractivity contribution is 7.90. The molecule has 1 amide bonds. The Balaban J connectivity index is 1.70. The van der Waals surface area contributed by atoms with Crippen LogP contribution in [0.1, 0.15) is 54.3 Å². The number of hydrogen-bond acceptors (Lipinski definition) is 4. The Labute approximate surface area is 128 Å². The normalized spacial score (nSPS) is 19.1. The van der Waals surface area contributed by atoms with Crippen molar-refractivity contribution in [3.8, 4) is 0 Å². The van der Waals surface area contributed by atoms with E-state index in [1.807, 2.05) is 22.7 Å². The Morgan fingerprint density at radius 3 is 2.64 bits per heavy atom. The lowest BCUT2D eigenvalue weighted by molar-refractivity contribution is 0.0977. The fourth-order valence-corrected chi connectivity index (χ4v) is 4.28. The second-order valence-electron chi connectivity index (χ2n) is 6.08. The summed E-state index contributed by atoms with van der Waals surface area (Å²) >= 11 is 0. The van der Waals surface area contributed by atoms with Gasteiger partial charge >= 0.3 is 0 Å². The van der Waals surface area contributed by atoms with Gasteiger partial charge in [-0.15, -0.1) is 0 Å². The van der Waals surface area contributed by atoms with Crippen molar-refractivity contribution in [1.29, 1.82) is 0 Å². The van der Waals surface area contributed by atoms with Crippen LogP contribution in [0, 0.1) is 0 Å². The monoisotopic (exact) mass is 319 g/mol. The van der Waals surface area contributed by atoms with Gasteiger partial charge in [0.15, 0.2) is 5.69 Å². The third kappa shape index (κ3) is 2.20. The first-order valence-electron chi connectivity index (χ1n) is 7.59. The van der Waals surface area contributed by atoms with E-state index in [0.717, 1.165) is 25.1 Å². The zero-order valence-corrected chi connectivity index (χ0v) is 12.8. The molecule has 0 atom stereocenters. The molecular formula is C15H17N3O3S. The van der Waals surface area contributed by atoms with Gasteiger partial charge in [0.2, 0.25) is 10.0 Å². The fraction of sp³-hybridized carbons (Fsp3) is 0.467. The van der Waals surface area contributed by atoms with Gasteiger partial charge in [-0.3, -0.25) is 4.79 Å².